The average Bonchev–Trinajstić information content (AvgIpc) is 3.62. The van der Waals surface area contributed by atoms with Gasteiger partial charge in [-0.25, -0.2) is 0 Å². The molecule has 0 heterocycles. The molecule has 4 saturated carbocycles. The van der Waals surface area contributed by atoms with Gasteiger partial charge in [0.25, 0.3) is 0 Å². The lowest BCUT2D eigenvalue weighted by Gasteiger charge is -2.61. The third kappa shape index (κ3) is 5.03. The monoisotopic (exact) mass is 822 g/mol. The number of anilines is 6. The lowest BCUT2D eigenvalue weighted by atomic mass is 9.43. The molecule has 4 bridgehead atoms. The normalized spacial score (nSPS) is 21.7. The first-order valence-electron chi connectivity index (χ1n) is 23.7. The van der Waals surface area contributed by atoms with Crippen LogP contribution in [0.5, 0.6) is 0 Å². The Morgan fingerprint density at radius 1 is 0.391 bits per heavy atom. The predicted octanol–water partition coefficient (Wildman–Crippen LogP) is 17.0. The van der Waals surface area contributed by atoms with Gasteiger partial charge in [0.2, 0.25) is 0 Å². The van der Waals surface area contributed by atoms with Gasteiger partial charge in [0, 0.05) is 33.2 Å². The molecule has 0 atom stereocenters. The molecule has 10 aromatic rings. The summed E-state index contributed by atoms with van der Waals surface area (Å²) in [6.45, 7) is 4.59. The molecule has 5 aliphatic carbocycles. The molecule has 4 fully saturated rings. The van der Waals surface area contributed by atoms with Crippen LogP contribution in [0.4, 0.5) is 34.1 Å². The molecule has 0 radical (unpaired) electrons. The fourth-order valence-corrected chi connectivity index (χ4v) is 14.3. The van der Waals surface area contributed by atoms with Crippen molar-refractivity contribution in [3.63, 3.8) is 0 Å². The third-order valence-corrected chi connectivity index (χ3v) is 16.6. The van der Waals surface area contributed by atoms with Crippen molar-refractivity contribution in [3.8, 4) is 11.1 Å². The minimum atomic E-state index is 0.0938. The van der Waals surface area contributed by atoms with Crippen LogP contribution in [0.15, 0.2) is 182 Å². The predicted molar refractivity (Wildman–Crippen MR) is 270 cm³/mol. The molecule has 15 rings (SSSR count). The third-order valence-electron chi connectivity index (χ3n) is 16.6. The Bertz CT molecular complexity index is 3460. The van der Waals surface area contributed by atoms with Gasteiger partial charge < -0.3 is 9.80 Å². The van der Waals surface area contributed by atoms with E-state index in [2.05, 4.69) is 206 Å². The Hall–Kier alpha value is -6.90. The quantitative estimate of drug-likeness (QED) is 0.154. The first-order chi connectivity index (χ1) is 31.5. The highest BCUT2D eigenvalue weighted by Gasteiger charge is 2.61. The molecule has 2 heteroatoms. The molecule has 5 aliphatic rings. The van der Waals surface area contributed by atoms with Gasteiger partial charge in [-0.2, -0.15) is 0 Å². The van der Waals surface area contributed by atoms with Crippen molar-refractivity contribution in [3.05, 3.63) is 204 Å². The van der Waals surface area contributed by atoms with Gasteiger partial charge in [0.15, 0.2) is 0 Å². The molecule has 0 aromatic heterocycles. The van der Waals surface area contributed by atoms with Gasteiger partial charge in [0.1, 0.15) is 0 Å². The fourth-order valence-electron chi connectivity index (χ4n) is 14.3. The summed E-state index contributed by atoms with van der Waals surface area (Å²) in [7, 11) is 0. The molecule has 1 spiro atoms. The average molecular weight is 823 g/mol. The highest BCUT2D eigenvalue weighted by molar-refractivity contribution is 6.28. The van der Waals surface area contributed by atoms with Gasteiger partial charge >= 0.3 is 0 Å². The topological polar surface area (TPSA) is 6.48 Å². The first kappa shape index (κ1) is 36.6. The standard InChI is InChI=1S/C62H50N2/c1-38-11-10-12-39(2)61(38)64(50-25-28-52-51-17-8-9-18-55(51)62(56(52)37-50)46-32-40-31-41(34-46)35-47(62)33-40)58-30-23-44-20-26-53-57(29-22-43-21-27-54(58)60(44)59(43)53)63(48-15-4-3-5-16-48)49-24-19-42-13-6-7-14-45(42)36-49/h3-30,36-37,40-41,46-47H,31-35H2,1-2H3. The summed E-state index contributed by atoms with van der Waals surface area (Å²) >= 11 is 0. The maximum atomic E-state index is 2.67. The molecule has 308 valence electrons. The van der Waals surface area contributed by atoms with E-state index in [0.717, 1.165) is 23.2 Å². The number of hydrogen-bond acceptors (Lipinski definition) is 2. The van der Waals surface area contributed by atoms with Crippen molar-refractivity contribution in [2.45, 2.75) is 51.4 Å². The van der Waals surface area contributed by atoms with Crippen molar-refractivity contribution < 1.29 is 0 Å². The van der Waals surface area contributed by atoms with E-state index < -0.39 is 0 Å². The van der Waals surface area contributed by atoms with Crippen molar-refractivity contribution in [1.82, 2.24) is 0 Å². The molecule has 0 amide bonds. The molecule has 0 unspecified atom stereocenters. The molecule has 2 nitrogen and oxygen atoms in total. The zero-order valence-corrected chi connectivity index (χ0v) is 36.6. The second kappa shape index (κ2) is 13.6. The summed E-state index contributed by atoms with van der Waals surface area (Å²) in [6, 6.07) is 69.3. The number of aryl methyl sites for hydroxylation is 2. The summed E-state index contributed by atoms with van der Waals surface area (Å²) in [4.78, 5) is 5.08. The molecule has 64 heavy (non-hydrogen) atoms. The molecular weight excluding hydrogens is 773 g/mol. The minimum Gasteiger partial charge on any atom is -0.310 e. The van der Waals surface area contributed by atoms with E-state index in [-0.39, 0.29) is 5.41 Å². The largest absolute Gasteiger partial charge is 0.310 e. The maximum Gasteiger partial charge on any atom is 0.0540 e. The number of para-hydroxylation sites is 2. The Morgan fingerprint density at radius 3 is 1.64 bits per heavy atom. The lowest BCUT2D eigenvalue weighted by molar-refractivity contribution is -0.0399. The summed E-state index contributed by atoms with van der Waals surface area (Å²) in [5.41, 5.74) is 16.1. The van der Waals surface area contributed by atoms with Crippen LogP contribution >= 0.6 is 0 Å². The van der Waals surface area contributed by atoms with E-state index in [1.165, 1.54) is 120 Å². The zero-order valence-electron chi connectivity index (χ0n) is 36.6. The summed E-state index contributed by atoms with van der Waals surface area (Å²) in [5.74, 6) is 3.24. The summed E-state index contributed by atoms with van der Waals surface area (Å²) in [5, 5.41) is 10.2. The Kier molecular flexibility index (Phi) is 7.74. The Balaban J connectivity index is 1.00. The number of hydrogen-bond donors (Lipinski definition) is 0. The molecular formula is C62H50N2. The van der Waals surface area contributed by atoms with Gasteiger partial charge in [-0.3, -0.25) is 0 Å². The highest BCUT2D eigenvalue weighted by atomic mass is 15.2. The SMILES string of the molecule is Cc1cccc(C)c1N(c1ccc2c(c1)C1(c3ccccc3-2)C2CC3CC(C2)CC1C3)c1ccc2ccc3c(N(c4ccccc4)c4ccc5ccccc5c4)ccc4ccc1c2c43. The van der Waals surface area contributed by atoms with Crippen molar-refractivity contribution >= 4 is 77.2 Å². The van der Waals surface area contributed by atoms with E-state index in [1.807, 2.05) is 0 Å². The Morgan fingerprint density at radius 2 is 0.938 bits per heavy atom. The smallest absolute Gasteiger partial charge is 0.0540 e. The van der Waals surface area contributed by atoms with Crippen molar-refractivity contribution in [1.29, 1.82) is 0 Å². The second-order valence-corrected chi connectivity index (χ2v) is 19.8. The van der Waals surface area contributed by atoms with E-state index in [1.54, 1.807) is 11.1 Å². The summed E-state index contributed by atoms with van der Waals surface area (Å²) in [6.07, 6.45) is 6.98. The van der Waals surface area contributed by atoms with Crippen LogP contribution < -0.4 is 9.80 Å². The number of rotatable bonds is 6. The molecule has 0 aliphatic heterocycles. The van der Waals surface area contributed by atoms with Crippen LogP contribution in [0.25, 0.3) is 54.2 Å². The van der Waals surface area contributed by atoms with E-state index in [0.29, 0.717) is 11.8 Å². The molecule has 0 saturated heterocycles. The fraction of sp³-hybridized carbons (Fsp3) is 0.194. The van der Waals surface area contributed by atoms with E-state index >= 15 is 0 Å². The van der Waals surface area contributed by atoms with Crippen LogP contribution in [0, 0.1) is 37.5 Å². The van der Waals surface area contributed by atoms with Crippen LogP contribution in [0.3, 0.4) is 0 Å². The zero-order chi connectivity index (χ0) is 42.3. The van der Waals surface area contributed by atoms with Gasteiger partial charge in [-0.15, -0.1) is 0 Å². The minimum absolute atomic E-state index is 0.0938. The number of benzene rings is 10. The van der Waals surface area contributed by atoms with Crippen LogP contribution in [-0.4, -0.2) is 0 Å². The van der Waals surface area contributed by atoms with Crippen LogP contribution in [0.1, 0.15) is 54.4 Å². The number of fused-ring (bicyclic) bond motifs is 4. The number of nitrogens with zero attached hydrogens (tertiary/aromatic N) is 2. The van der Waals surface area contributed by atoms with Gasteiger partial charge in [0.05, 0.1) is 17.1 Å². The van der Waals surface area contributed by atoms with Gasteiger partial charge in [-0.05, 0) is 184 Å². The molecule has 10 aromatic carbocycles. The lowest BCUT2D eigenvalue weighted by Crippen LogP contribution is -2.55. The first-order valence-corrected chi connectivity index (χ1v) is 23.7. The van der Waals surface area contributed by atoms with E-state index in [4.69, 9.17) is 0 Å². The summed E-state index contributed by atoms with van der Waals surface area (Å²) < 4.78 is 0. The van der Waals surface area contributed by atoms with Crippen LogP contribution in [0.2, 0.25) is 0 Å². The van der Waals surface area contributed by atoms with E-state index in [9.17, 15) is 0 Å². The van der Waals surface area contributed by atoms with Crippen molar-refractivity contribution in [2.24, 2.45) is 23.7 Å². The maximum absolute atomic E-state index is 2.67. The molecule has 0 N–H and O–H groups in total. The highest BCUT2D eigenvalue weighted by Crippen LogP contribution is 2.69. The van der Waals surface area contributed by atoms with Crippen molar-refractivity contribution in [2.75, 3.05) is 9.80 Å². The van der Waals surface area contributed by atoms with Crippen LogP contribution in [-0.2, 0) is 5.41 Å². The van der Waals surface area contributed by atoms with Gasteiger partial charge in [-0.1, -0.05) is 133 Å². The Labute approximate surface area is 375 Å². The second-order valence-electron chi connectivity index (χ2n) is 19.8.